The number of hydrogen-bond acceptors (Lipinski definition) is 3. The average Bonchev–Trinajstić information content (AvgIpc) is 2.45. The van der Waals surface area contributed by atoms with E-state index in [0.717, 1.165) is 37.2 Å². The van der Waals surface area contributed by atoms with Gasteiger partial charge in [0.05, 0.1) is 11.6 Å². The lowest BCUT2D eigenvalue weighted by molar-refractivity contribution is 0.431. The normalized spacial score (nSPS) is 18.9. The molecule has 0 bridgehead atoms. The maximum absolute atomic E-state index is 9.03. The Bertz CT molecular complexity index is 456. The number of rotatable bonds is 4. The highest BCUT2D eigenvalue weighted by molar-refractivity contribution is 5.54. The molecule has 3 nitrogen and oxygen atoms in total. The Morgan fingerprint density at radius 1 is 1.47 bits per heavy atom. The Balaban J connectivity index is 2.22. The predicted octanol–water partition coefficient (Wildman–Crippen LogP) is 2.84. The van der Waals surface area contributed by atoms with Gasteiger partial charge in [0.2, 0.25) is 0 Å². The lowest BCUT2D eigenvalue weighted by atomic mass is 10.0. The SMILES string of the molecule is CCCN(c1ccc(C#N)c(C)c1)C1CCCNC1. The first-order valence-electron chi connectivity index (χ1n) is 7.24. The number of aryl methyl sites for hydroxylation is 1. The maximum atomic E-state index is 9.03. The second kappa shape index (κ2) is 6.58. The van der Waals surface area contributed by atoms with Crippen LogP contribution in [0.3, 0.4) is 0 Å². The summed E-state index contributed by atoms with van der Waals surface area (Å²) < 4.78 is 0. The van der Waals surface area contributed by atoms with Gasteiger partial charge in [-0.2, -0.15) is 5.26 Å². The van der Waals surface area contributed by atoms with Crippen LogP contribution >= 0.6 is 0 Å². The number of nitrogens with zero attached hydrogens (tertiary/aromatic N) is 2. The minimum absolute atomic E-state index is 0.584. The van der Waals surface area contributed by atoms with Crippen molar-refractivity contribution in [2.24, 2.45) is 0 Å². The molecule has 1 aromatic carbocycles. The van der Waals surface area contributed by atoms with Crippen molar-refractivity contribution in [3.63, 3.8) is 0 Å². The minimum Gasteiger partial charge on any atom is -0.367 e. The topological polar surface area (TPSA) is 39.1 Å². The van der Waals surface area contributed by atoms with Gasteiger partial charge in [-0.15, -0.1) is 0 Å². The van der Waals surface area contributed by atoms with Crippen molar-refractivity contribution in [3.05, 3.63) is 29.3 Å². The smallest absolute Gasteiger partial charge is 0.0994 e. The van der Waals surface area contributed by atoms with Gasteiger partial charge in [0.25, 0.3) is 0 Å². The highest BCUT2D eigenvalue weighted by atomic mass is 15.2. The van der Waals surface area contributed by atoms with E-state index in [9.17, 15) is 0 Å². The van der Waals surface area contributed by atoms with Gasteiger partial charge in [-0.25, -0.2) is 0 Å². The zero-order chi connectivity index (χ0) is 13.7. The van der Waals surface area contributed by atoms with Crippen molar-refractivity contribution in [2.45, 2.75) is 39.2 Å². The number of nitrogens with one attached hydrogen (secondary N) is 1. The third-order valence-electron chi connectivity index (χ3n) is 3.84. The minimum atomic E-state index is 0.584. The Labute approximate surface area is 116 Å². The van der Waals surface area contributed by atoms with Crippen molar-refractivity contribution in [1.82, 2.24) is 5.32 Å². The van der Waals surface area contributed by atoms with Crippen molar-refractivity contribution >= 4 is 5.69 Å². The summed E-state index contributed by atoms with van der Waals surface area (Å²) >= 11 is 0. The molecule has 1 fully saturated rings. The second-order valence-electron chi connectivity index (χ2n) is 5.30. The summed E-state index contributed by atoms with van der Waals surface area (Å²) in [5.41, 5.74) is 3.11. The quantitative estimate of drug-likeness (QED) is 0.901. The summed E-state index contributed by atoms with van der Waals surface area (Å²) in [6, 6.07) is 9.02. The zero-order valence-corrected chi connectivity index (χ0v) is 11.9. The van der Waals surface area contributed by atoms with Gasteiger partial charge in [-0.3, -0.25) is 0 Å². The molecule has 0 saturated carbocycles. The van der Waals surface area contributed by atoms with E-state index in [4.69, 9.17) is 5.26 Å². The molecule has 1 unspecified atom stereocenters. The zero-order valence-electron chi connectivity index (χ0n) is 11.9. The van der Waals surface area contributed by atoms with Gasteiger partial charge < -0.3 is 10.2 Å². The van der Waals surface area contributed by atoms with Crippen LogP contribution < -0.4 is 10.2 Å². The fourth-order valence-electron chi connectivity index (χ4n) is 2.81. The summed E-state index contributed by atoms with van der Waals surface area (Å²) in [7, 11) is 0. The van der Waals surface area contributed by atoms with E-state index >= 15 is 0 Å². The summed E-state index contributed by atoms with van der Waals surface area (Å²) in [6.07, 6.45) is 3.65. The van der Waals surface area contributed by atoms with Crippen molar-refractivity contribution in [3.8, 4) is 6.07 Å². The van der Waals surface area contributed by atoms with Crippen LogP contribution in [0.5, 0.6) is 0 Å². The number of hydrogen-bond donors (Lipinski definition) is 1. The average molecular weight is 257 g/mol. The van der Waals surface area contributed by atoms with Gasteiger partial charge in [0.15, 0.2) is 0 Å². The van der Waals surface area contributed by atoms with Crippen molar-refractivity contribution in [2.75, 3.05) is 24.5 Å². The summed E-state index contributed by atoms with van der Waals surface area (Å²) in [5, 5.41) is 12.5. The third-order valence-corrected chi connectivity index (χ3v) is 3.84. The molecule has 1 saturated heterocycles. The van der Waals surface area contributed by atoms with Crippen molar-refractivity contribution in [1.29, 1.82) is 5.26 Å². The van der Waals surface area contributed by atoms with E-state index in [1.54, 1.807) is 0 Å². The summed E-state index contributed by atoms with van der Waals surface area (Å²) in [4.78, 5) is 2.50. The number of benzene rings is 1. The first-order valence-corrected chi connectivity index (χ1v) is 7.24. The highest BCUT2D eigenvalue weighted by Crippen LogP contribution is 2.23. The Hall–Kier alpha value is -1.53. The molecule has 3 heteroatoms. The molecule has 0 amide bonds. The molecule has 1 aromatic rings. The number of anilines is 1. The highest BCUT2D eigenvalue weighted by Gasteiger charge is 2.20. The Morgan fingerprint density at radius 2 is 2.32 bits per heavy atom. The molecule has 0 spiro atoms. The molecule has 0 aliphatic carbocycles. The molecule has 1 atom stereocenters. The molecule has 102 valence electrons. The summed E-state index contributed by atoms with van der Waals surface area (Å²) in [5.74, 6) is 0. The fourth-order valence-corrected chi connectivity index (χ4v) is 2.81. The largest absolute Gasteiger partial charge is 0.367 e. The van der Waals surface area contributed by atoms with Gasteiger partial charge >= 0.3 is 0 Å². The lowest BCUT2D eigenvalue weighted by Gasteiger charge is -2.36. The predicted molar refractivity (Wildman–Crippen MR) is 79.4 cm³/mol. The monoisotopic (exact) mass is 257 g/mol. The number of piperidine rings is 1. The van der Waals surface area contributed by atoms with Crippen LogP contribution in [-0.2, 0) is 0 Å². The van der Waals surface area contributed by atoms with Crippen LogP contribution in [0.25, 0.3) is 0 Å². The molecule has 1 heterocycles. The molecule has 1 aliphatic heterocycles. The van der Waals surface area contributed by atoms with E-state index in [1.807, 2.05) is 13.0 Å². The van der Waals surface area contributed by atoms with Gasteiger partial charge in [0.1, 0.15) is 0 Å². The fraction of sp³-hybridized carbons (Fsp3) is 0.562. The Kier molecular flexibility index (Phi) is 4.81. The first-order chi connectivity index (χ1) is 9.26. The van der Waals surface area contributed by atoms with Crippen LogP contribution in [0.15, 0.2) is 18.2 Å². The van der Waals surface area contributed by atoms with E-state index in [-0.39, 0.29) is 0 Å². The second-order valence-corrected chi connectivity index (χ2v) is 5.30. The van der Waals surface area contributed by atoms with E-state index in [1.165, 1.54) is 18.5 Å². The standard InChI is InChI=1S/C16H23N3/c1-3-9-19(16-5-4-8-18-12-16)15-7-6-14(11-17)13(2)10-15/h6-7,10,16,18H,3-5,8-9,12H2,1-2H3. The van der Waals surface area contributed by atoms with Gasteiger partial charge in [0, 0.05) is 24.8 Å². The van der Waals surface area contributed by atoms with Crippen LogP contribution in [0, 0.1) is 18.3 Å². The molecule has 19 heavy (non-hydrogen) atoms. The number of nitriles is 1. The maximum Gasteiger partial charge on any atom is 0.0994 e. The van der Waals surface area contributed by atoms with Crippen LogP contribution in [0.4, 0.5) is 5.69 Å². The van der Waals surface area contributed by atoms with Crippen LogP contribution in [-0.4, -0.2) is 25.7 Å². The van der Waals surface area contributed by atoms with Crippen LogP contribution in [0.2, 0.25) is 0 Å². The van der Waals surface area contributed by atoms with Gasteiger partial charge in [-0.05, 0) is 56.5 Å². The summed E-state index contributed by atoms with van der Waals surface area (Å²) in [6.45, 7) is 7.53. The van der Waals surface area contributed by atoms with Crippen LogP contribution in [0.1, 0.15) is 37.3 Å². The Morgan fingerprint density at radius 3 is 2.89 bits per heavy atom. The van der Waals surface area contributed by atoms with Crippen molar-refractivity contribution < 1.29 is 0 Å². The lowest BCUT2D eigenvalue weighted by Crippen LogP contribution is -2.46. The molecule has 0 aromatic heterocycles. The molecular formula is C16H23N3. The van der Waals surface area contributed by atoms with E-state index in [0.29, 0.717) is 6.04 Å². The first kappa shape index (κ1) is 13.9. The van der Waals surface area contributed by atoms with Gasteiger partial charge in [-0.1, -0.05) is 6.92 Å². The molecule has 1 N–H and O–H groups in total. The molecular weight excluding hydrogens is 234 g/mol. The third kappa shape index (κ3) is 3.27. The molecule has 1 aliphatic rings. The van der Waals surface area contributed by atoms with E-state index < -0.39 is 0 Å². The molecule has 0 radical (unpaired) electrons. The van der Waals surface area contributed by atoms with E-state index in [2.05, 4.69) is 35.3 Å². The molecule has 2 rings (SSSR count).